The minimum absolute atomic E-state index is 0.0969. The molecule has 0 fully saturated rings. The first kappa shape index (κ1) is 30.9. The van der Waals surface area contributed by atoms with Gasteiger partial charge in [-0.1, -0.05) is 80.4 Å². The number of hydrogen-bond acceptors (Lipinski definition) is 4. The molecule has 0 aliphatic carbocycles. The zero-order chi connectivity index (χ0) is 29.4. The molecule has 40 heavy (non-hydrogen) atoms. The van der Waals surface area contributed by atoms with Crippen LogP contribution in [0.3, 0.4) is 0 Å². The van der Waals surface area contributed by atoms with Gasteiger partial charge < -0.3 is 10.2 Å². The average molecular weight is 564 g/mol. The standard InChI is InChI=1S/C32H41N3O4S/c1-7-30(32(37)33-8-2)34(21-26-13-9-24(5)10-14-26)31(36)22-35(28-17-15-27(16-18-28)23(3)4)40(38,39)29-19-11-25(6)12-20-29/h9-20,23,30H,7-8,21-22H2,1-6H3,(H,33,37)/t30-/m0/s1. The molecule has 0 heterocycles. The molecule has 0 unspecified atom stereocenters. The Morgan fingerprint density at radius 1 is 0.825 bits per heavy atom. The van der Waals surface area contributed by atoms with Crippen LogP contribution in [-0.2, 0) is 26.2 Å². The zero-order valence-corrected chi connectivity index (χ0v) is 25.2. The molecule has 0 radical (unpaired) electrons. The zero-order valence-electron chi connectivity index (χ0n) is 24.3. The molecule has 1 N–H and O–H groups in total. The largest absolute Gasteiger partial charge is 0.355 e. The Hall–Kier alpha value is -3.65. The molecule has 0 saturated carbocycles. The highest BCUT2D eigenvalue weighted by Gasteiger charge is 2.33. The molecule has 1 atom stereocenters. The first-order chi connectivity index (χ1) is 19.0. The summed E-state index contributed by atoms with van der Waals surface area (Å²) in [6, 6.07) is 20.8. The normalized spacial score (nSPS) is 12.2. The monoisotopic (exact) mass is 563 g/mol. The van der Waals surface area contributed by atoms with E-state index in [-0.39, 0.29) is 23.3 Å². The number of anilines is 1. The van der Waals surface area contributed by atoms with Crippen molar-refractivity contribution in [3.05, 3.63) is 95.1 Å². The van der Waals surface area contributed by atoms with Crippen LogP contribution in [0.1, 0.15) is 62.3 Å². The summed E-state index contributed by atoms with van der Waals surface area (Å²) in [6.45, 7) is 11.8. The summed E-state index contributed by atoms with van der Waals surface area (Å²) < 4.78 is 29.1. The number of carbonyl (C=O) groups is 2. The number of sulfonamides is 1. The Kier molecular flexibility index (Phi) is 10.5. The maximum Gasteiger partial charge on any atom is 0.264 e. The topological polar surface area (TPSA) is 86.8 Å². The Bertz CT molecular complexity index is 1380. The van der Waals surface area contributed by atoms with Crippen LogP contribution in [0.4, 0.5) is 5.69 Å². The van der Waals surface area contributed by atoms with E-state index in [1.54, 1.807) is 36.4 Å². The van der Waals surface area contributed by atoms with E-state index < -0.39 is 28.5 Å². The van der Waals surface area contributed by atoms with E-state index in [2.05, 4.69) is 19.2 Å². The van der Waals surface area contributed by atoms with Gasteiger partial charge in [0.15, 0.2) is 0 Å². The van der Waals surface area contributed by atoms with E-state index in [1.165, 1.54) is 4.90 Å². The van der Waals surface area contributed by atoms with Crippen LogP contribution in [0.25, 0.3) is 0 Å². The van der Waals surface area contributed by atoms with Gasteiger partial charge in [0, 0.05) is 13.1 Å². The first-order valence-corrected chi connectivity index (χ1v) is 15.2. The Morgan fingerprint density at radius 2 is 1.38 bits per heavy atom. The fraction of sp³-hybridized carbons (Fsp3) is 0.375. The van der Waals surface area contributed by atoms with E-state index in [9.17, 15) is 18.0 Å². The number of aryl methyl sites for hydroxylation is 2. The fourth-order valence-electron chi connectivity index (χ4n) is 4.49. The maximum absolute atomic E-state index is 14.1. The van der Waals surface area contributed by atoms with Crippen molar-refractivity contribution in [2.75, 3.05) is 17.4 Å². The summed E-state index contributed by atoms with van der Waals surface area (Å²) in [5.74, 6) is -0.452. The molecule has 214 valence electrons. The minimum Gasteiger partial charge on any atom is -0.355 e. The van der Waals surface area contributed by atoms with Crippen molar-refractivity contribution in [3.8, 4) is 0 Å². The van der Waals surface area contributed by atoms with Crippen molar-refractivity contribution in [1.82, 2.24) is 10.2 Å². The lowest BCUT2D eigenvalue weighted by Gasteiger charge is -2.33. The fourth-order valence-corrected chi connectivity index (χ4v) is 5.91. The van der Waals surface area contributed by atoms with E-state index in [4.69, 9.17) is 0 Å². The van der Waals surface area contributed by atoms with Crippen molar-refractivity contribution in [1.29, 1.82) is 0 Å². The highest BCUT2D eigenvalue weighted by atomic mass is 32.2. The Balaban J connectivity index is 2.06. The third-order valence-corrected chi connectivity index (χ3v) is 8.73. The first-order valence-electron chi connectivity index (χ1n) is 13.8. The van der Waals surface area contributed by atoms with E-state index in [0.717, 1.165) is 26.6 Å². The second kappa shape index (κ2) is 13.6. The van der Waals surface area contributed by atoms with Gasteiger partial charge in [-0.15, -0.1) is 0 Å². The van der Waals surface area contributed by atoms with Crippen molar-refractivity contribution in [2.45, 2.75) is 71.4 Å². The number of amides is 2. The molecule has 0 aromatic heterocycles. The van der Waals surface area contributed by atoms with Gasteiger partial charge in [0.05, 0.1) is 10.6 Å². The van der Waals surface area contributed by atoms with Crippen molar-refractivity contribution < 1.29 is 18.0 Å². The number of carbonyl (C=O) groups excluding carboxylic acids is 2. The molecule has 8 heteroatoms. The predicted octanol–water partition coefficient (Wildman–Crippen LogP) is 5.57. The molecule has 0 saturated heterocycles. The lowest BCUT2D eigenvalue weighted by Crippen LogP contribution is -2.52. The quantitative estimate of drug-likeness (QED) is 0.312. The van der Waals surface area contributed by atoms with E-state index >= 15 is 0 Å². The van der Waals surface area contributed by atoms with Crippen molar-refractivity contribution in [3.63, 3.8) is 0 Å². The molecule has 7 nitrogen and oxygen atoms in total. The van der Waals surface area contributed by atoms with Crippen molar-refractivity contribution >= 4 is 27.5 Å². The summed E-state index contributed by atoms with van der Waals surface area (Å²) in [5, 5.41) is 2.83. The lowest BCUT2D eigenvalue weighted by molar-refractivity contribution is -0.140. The molecule has 2 amide bonds. The summed E-state index contributed by atoms with van der Waals surface area (Å²) in [6.07, 6.45) is 0.386. The van der Waals surface area contributed by atoms with Crippen LogP contribution < -0.4 is 9.62 Å². The van der Waals surface area contributed by atoms with E-state index in [1.807, 2.05) is 64.1 Å². The van der Waals surface area contributed by atoms with Gasteiger partial charge in [0.2, 0.25) is 11.8 Å². The van der Waals surface area contributed by atoms with Crippen LogP contribution in [0, 0.1) is 13.8 Å². The van der Waals surface area contributed by atoms with Gasteiger partial charge in [0.1, 0.15) is 12.6 Å². The van der Waals surface area contributed by atoms with Gasteiger partial charge in [-0.3, -0.25) is 13.9 Å². The molecule has 0 aliphatic heterocycles. The van der Waals surface area contributed by atoms with Gasteiger partial charge in [-0.05, 0) is 68.5 Å². The summed E-state index contributed by atoms with van der Waals surface area (Å²) in [5.41, 5.74) is 4.32. The number of hydrogen-bond donors (Lipinski definition) is 1. The SMILES string of the molecule is CCNC(=O)[C@H](CC)N(Cc1ccc(C)cc1)C(=O)CN(c1ccc(C(C)C)cc1)S(=O)(=O)c1ccc(C)cc1. The van der Waals surface area contributed by atoms with Crippen LogP contribution in [-0.4, -0.2) is 44.3 Å². The highest BCUT2D eigenvalue weighted by Crippen LogP contribution is 2.27. The van der Waals surface area contributed by atoms with Crippen LogP contribution in [0.5, 0.6) is 0 Å². The van der Waals surface area contributed by atoms with Gasteiger partial charge in [0.25, 0.3) is 10.0 Å². The number of likely N-dealkylation sites (N-methyl/N-ethyl adjacent to an activating group) is 1. The highest BCUT2D eigenvalue weighted by molar-refractivity contribution is 7.92. The molecule has 0 bridgehead atoms. The van der Waals surface area contributed by atoms with Crippen molar-refractivity contribution in [2.24, 2.45) is 0 Å². The molecule has 0 spiro atoms. The maximum atomic E-state index is 14.1. The molecule has 3 aromatic carbocycles. The molecule has 0 aliphatic rings. The number of nitrogens with zero attached hydrogens (tertiary/aromatic N) is 2. The average Bonchev–Trinajstić information content (AvgIpc) is 2.93. The lowest BCUT2D eigenvalue weighted by atomic mass is 10.0. The summed E-state index contributed by atoms with van der Waals surface area (Å²) >= 11 is 0. The third kappa shape index (κ3) is 7.50. The van der Waals surface area contributed by atoms with Crippen LogP contribution in [0.2, 0.25) is 0 Å². The number of nitrogens with one attached hydrogen (secondary N) is 1. The molecular weight excluding hydrogens is 522 g/mol. The second-order valence-electron chi connectivity index (χ2n) is 10.4. The van der Waals surface area contributed by atoms with E-state index in [0.29, 0.717) is 18.7 Å². The Labute approximate surface area is 239 Å². The second-order valence-corrected chi connectivity index (χ2v) is 12.3. The predicted molar refractivity (Wildman–Crippen MR) is 161 cm³/mol. The third-order valence-electron chi connectivity index (χ3n) is 6.95. The summed E-state index contributed by atoms with van der Waals surface area (Å²) in [4.78, 5) is 28.7. The summed E-state index contributed by atoms with van der Waals surface area (Å²) in [7, 11) is -4.09. The van der Waals surface area contributed by atoms with Crippen LogP contribution >= 0.6 is 0 Å². The minimum atomic E-state index is -4.09. The van der Waals surface area contributed by atoms with Gasteiger partial charge >= 0.3 is 0 Å². The Morgan fingerprint density at radius 3 is 1.88 bits per heavy atom. The molecule has 3 rings (SSSR count). The van der Waals surface area contributed by atoms with Gasteiger partial charge in [-0.2, -0.15) is 0 Å². The number of benzene rings is 3. The smallest absolute Gasteiger partial charge is 0.264 e. The molecular formula is C32H41N3O4S. The van der Waals surface area contributed by atoms with Crippen LogP contribution in [0.15, 0.2) is 77.7 Å². The molecule has 3 aromatic rings. The number of rotatable bonds is 12. The van der Waals surface area contributed by atoms with Gasteiger partial charge in [-0.25, -0.2) is 8.42 Å².